The van der Waals surface area contributed by atoms with Gasteiger partial charge in [-0.1, -0.05) is 0 Å². The van der Waals surface area contributed by atoms with Crippen LogP contribution in [0.1, 0.15) is 5.69 Å². The Morgan fingerprint density at radius 3 is 2.86 bits per heavy atom. The Balaban J connectivity index is 3.02. The van der Waals surface area contributed by atoms with Crippen molar-refractivity contribution in [3.05, 3.63) is 34.5 Å². The minimum atomic E-state index is -0.505. The molecule has 0 amide bonds. The maximum atomic E-state index is 10.5. The fourth-order valence-corrected chi connectivity index (χ4v) is 0.820. The van der Waals surface area contributed by atoms with E-state index < -0.39 is 4.92 Å². The van der Waals surface area contributed by atoms with Gasteiger partial charge in [-0.3, -0.25) is 10.1 Å². The molecule has 1 rings (SSSR count). The van der Waals surface area contributed by atoms with Gasteiger partial charge < -0.3 is 4.90 Å². The Hall–Kier alpha value is -1.98. The van der Waals surface area contributed by atoms with Crippen LogP contribution in [0.3, 0.4) is 0 Å². The molecule has 0 aliphatic heterocycles. The van der Waals surface area contributed by atoms with Crippen molar-refractivity contribution in [1.29, 1.82) is 0 Å². The summed E-state index contributed by atoms with van der Waals surface area (Å²) in [6.07, 6.45) is 5.72. The first-order valence-electron chi connectivity index (χ1n) is 3.90. The van der Waals surface area contributed by atoms with E-state index in [2.05, 4.69) is 9.97 Å². The van der Waals surface area contributed by atoms with Crippen LogP contribution in [0.5, 0.6) is 0 Å². The smallest absolute Gasteiger partial charge is 0.313 e. The van der Waals surface area contributed by atoms with Gasteiger partial charge in [0.15, 0.2) is 0 Å². The predicted molar refractivity (Wildman–Crippen MR) is 51.4 cm³/mol. The van der Waals surface area contributed by atoms with Crippen molar-refractivity contribution < 1.29 is 4.92 Å². The summed E-state index contributed by atoms with van der Waals surface area (Å²) in [5.41, 5.74) is 0.212. The number of aromatic nitrogens is 2. The molecule has 0 bridgehead atoms. The molecule has 0 unspecified atom stereocenters. The van der Waals surface area contributed by atoms with Crippen LogP contribution in [-0.4, -0.2) is 33.9 Å². The zero-order valence-corrected chi connectivity index (χ0v) is 7.91. The van der Waals surface area contributed by atoms with Crippen LogP contribution < -0.4 is 0 Å². The lowest BCUT2D eigenvalue weighted by atomic mass is 10.3. The zero-order valence-electron chi connectivity index (χ0n) is 7.91. The Morgan fingerprint density at radius 1 is 1.57 bits per heavy atom. The van der Waals surface area contributed by atoms with Crippen molar-refractivity contribution in [3.8, 4) is 0 Å². The summed E-state index contributed by atoms with van der Waals surface area (Å²) in [5.74, 6) is 0. The molecular weight excluding hydrogens is 184 g/mol. The molecule has 1 heterocycles. The molecule has 1 aromatic heterocycles. The fraction of sp³-hybridized carbons (Fsp3) is 0.250. The normalized spacial score (nSPS) is 10.4. The van der Waals surface area contributed by atoms with Crippen molar-refractivity contribution in [3.63, 3.8) is 0 Å². The quantitative estimate of drug-likeness (QED) is 0.528. The van der Waals surface area contributed by atoms with E-state index in [1.165, 1.54) is 12.5 Å². The molecule has 6 nitrogen and oxygen atoms in total. The van der Waals surface area contributed by atoms with Gasteiger partial charge in [-0.15, -0.1) is 0 Å². The Labute approximate surface area is 81.1 Å². The minimum absolute atomic E-state index is 0.0920. The average Bonchev–Trinajstić information content (AvgIpc) is 2.15. The molecule has 6 heteroatoms. The lowest BCUT2D eigenvalue weighted by molar-refractivity contribution is -0.385. The van der Waals surface area contributed by atoms with Crippen LogP contribution in [0.15, 0.2) is 18.7 Å². The lowest BCUT2D eigenvalue weighted by Gasteiger charge is -2.02. The van der Waals surface area contributed by atoms with Gasteiger partial charge in [0.05, 0.1) is 4.92 Å². The second-order valence-electron chi connectivity index (χ2n) is 2.83. The second kappa shape index (κ2) is 4.31. The Kier molecular flexibility index (Phi) is 3.11. The molecule has 0 spiro atoms. The van der Waals surface area contributed by atoms with Crippen molar-refractivity contribution in [2.24, 2.45) is 0 Å². The summed E-state index contributed by atoms with van der Waals surface area (Å²) < 4.78 is 0. The van der Waals surface area contributed by atoms with Crippen molar-refractivity contribution in [2.75, 3.05) is 14.1 Å². The predicted octanol–water partition coefficient (Wildman–Crippen LogP) is 0.917. The molecule has 0 saturated heterocycles. The van der Waals surface area contributed by atoms with Crippen LogP contribution in [0.4, 0.5) is 5.69 Å². The van der Waals surface area contributed by atoms with Gasteiger partial charge in [0.2, 0.25) is 0 Å². The van der Waals surface area contributed by atoms with Gasteiger partial charge in [-0.2, -0.15) is 0 Å². The Morgan fingerprint density at radius 2 is 2.29 bits per heavy atom. The molecule has 0 atom stereocenters. The third-order valence-electron chi connectivity index (χ3n) is 1.45. The summed E-state index contributed by atoms with van der Waals surface area (Å²) in [4.78, 5) is 19.2. The first kappa shape index (κ1) is 10.1. The van der Waals surface area contributed by atoms with Crippen molar-refractivity contribution in [1.82, 2.24) is 14.9 Å². The molecule has 0 aliphatic rings. The van der Waals surface area contributed by atoms with Crippen LogP contribution >= 0.6 is 0 Å². The van der Waals surface area contributed by atoms with E-state index in [0.717, 1.165) is 0 Å². The third kappa shape index (κ3) is 2.51. The standard InChI is InChI=1S/C8H10N4O2/c1-11(2)4-3-7-8(12(13)14)5-9-6-10-7/h3-6H,1-2H3. The highest BCUT2D eigenvalue weighted by Gasteiger charge is 2.11. The van der Waals surface area contributed by atoms with Gasteiger partial charge in [-0.05, 0) is 6.08 Å². The van der Waals surface area contributed by atoms with Crippen LogP contribution in [0.25, 0.3) is 6.08 Å². The lowest BCUT2D eigenvalue weighted by Crippen LogP contribution is -2.01. The summed E-state index contributed by atoms with van der Waals surface area (Å²) in [6, 6.07) is 0. The number of hydrogen-bond acceptors (Lipinski definition) is 5. The van der Waals surface area contributed by atoms with Crippen molar-refractivity contribution in [2.45, 2.75) is 0 Å². The van der Waals surface area contributed by atoms with Gasteiger partial charge in [0.1, 0.15) is 18.2 Å². The monoisotopic (exact) mass is 194 g/mol. The van der Waals surface area contributed by atoms with Gasteiger partial charge in [0.25, 0.3) is 0 Å². The molecule has 0 radical (unpaired) electrons. The van der Waals surface area contributed by atoms with E-state index in [0.29, 0.717) is 5.69 Å². The maximum absolute atomic E-state index is 10.5. The van der Waals surface area contributed by atoms with Crippen LogP contribution in [-0.2, 0) is 0 Å². The minimum Gasteiger partial charge on any atom is -0.383 e. The molecule has 0 aromatic carbocycles. The molecule has 1 aromatic rings. The summed E-state index contributed by atoms with van der Waals surface area (Å²) in [5, 5.41) is 10.5. The SMILES string of the molecule is CN(C)C=Cc1ncncc1[N+](=O)[O-]. The Bertz CT molecular complexity index is 362. The highest BCUT2D eigenvalue weighted by Crippen LogP contribution is 2.14. The highest BCUT2D eigenvalue weighted by atomic mass is 16.6. The average molecular weight is 194 g/mol. The fourth-order valence-electron chi connectivity index (χ4n) is 0.820. The molecule has 0 N–H and O–H groups in total. The molecular formula is C8H10N4O2. The van der Waals surface area contributed by atoms with Crippen molar-refractivity contribution >= 4 is 11.8 Å². The summed E-state index contributed by atoms with van der Waals surface area (Å²) >= 11 is 0. The van der Waals surface area contributed by atoms with E-state index in [1.807, 2.05) is 14.1 Å². The van der Waals surface area contributed by atoms with E-state index in [1.54, 1.807) is 17.2 Å². The van der Waals surface area contributed by atoms with E-state index in [4.69, 9.17) is 0 Å². The van der Waals surface area contributed by atoms with E-state index in [9.17, 15) is 10.1 Å². The molecule has 0 aliphatic carbocycles. The van der Waals surface area contributed by atoms with E-state index in [-0.39, 0.29) is 5.69 Å². The zero-order chi connectivity index (χ0) is 10.6. The topological polar surface area (TPSA) is 72.2 Å². The van der Waals surface area contributed by atoms with Crippen LogP contribution in [0.2, 0.25) is 0 Å². The largest absolute Gasteiger partial charge is 0.383 e. The molecule has 14 heavy (non-hydrogen) atoms. The van der Waals surface area contributed by atoms with E-state index >= 15 is 0 Å². The molecule has 0 fully saturated rings. The summed E-state index contributed by atoms with van der Waals surface area (Å²) in [6.45, 7) is 0. The second-order valence-corrected chi connectivity index (χ2v) is 2.83. The first-order chi connectivity index (χ1) is 6.61. The van der Waals surface area contributed by atoms with Gasteiger partial charge in [0, 0.05) is 20.3 Å². The number of nitrogens with zero attached hydrogens (tertiary/aromatic N) is 4. The van der Waals surface area contributed by atoms with Gasteiger partial charge in [-0.25, -0.2) is 9.97 Å². The molecule has 74 valence electrons. The molecule has 0 saturated carbocycles. The summed E-state index contributed by atoms with van der Waals surface area (Å²) in [7, 11) is 3.65. The van der Waals surface area contributed by atoms with Gasteiger partial charge >= 0.3 is 5.69 Å². The number of hydrogen-bond donors (Lipinski definition) is 0. The maximum Gasteiger partial charge on any atom is 0.313 e. The van der Waals surface area contributed by atoms with Crippen LogP contribution in [0, 0.1) is 10.1 Å². The first-order valence-corrected chi connectivity index (χ1v) is 3.90. The third-order valence-corrected chi connectivity index (χ3v) is 1.45. The number of nitro groups is 1. The number of rotatable bonds is 3. The highest BCUT2D eigenvalue weighted by molar-refractivity contribution is 5.54.